The first-order valence-electron chi connectivity index (χ1n) is 8.12. The van der Waals surface area contributed by atoms with E-state index in [0.717, 1.165) is 18.6 Å². The Kier molecular flexibility index (Phi) is 4.28. The minimum atomic E-state index is -0.220. The summed E-state index contributed by atoms with van der Waals surface area (Å²) in [4.78, 5) is 12.6. The molecule has 3 nitrogen and oxygen atoms in total. The van der Waals surface area contributed by atoms with Crippen LogP contribution in [0.5, 0.6) is 0 Å². The Labute approximate surface area is 137 Å². The molecular formula is C20H22N2O. The van der Waals surface area contributed by atoms with Gasteiger partial charge in [0.05, 0.1) is 5.92 Å². The van der Waals surface area contributed by atoms with Crippen LogP contribution in [0.1, 0.15) is 37.8 Å². The third-order valence-corrected chi connectivity index (χ3v) is 4.72. The average molecular weight is 306 g/mol. The van der Waals surface area contributed by atoms with Crippen LogP contribution in [0.25, 0.3) is 0 Å². The number of hydrogen-bond donors (Lipinski definition) is 1. The largest absolute Gasteiger partial charge is 0.273 e. The number of nitrogens with zero attached hydrogens (tertiary/aromatic N) is 1. The number of benzene rings is 2. The molecule has 23 heavy (non-hydrogen) atoms. The summed E-state index contributed by atoms with van der Waals surface area (Å²) in [5.74, 6) is -0.0637. The van der Waals surface area contributed by atoms with Crippen LogP contribution in [-0.2, 0) is 10.2 Å². The van der Waals surface area contributed by atoms with E-state index in [1.165, 1.54) is 11.1 Å². The number of hydrazone groups is 1. The second-order valence-electron chi connectivity index (χ2n) is 6.14. The Balaban J connectivity index is 1.91. The van der Waals surface area contributed by atoms with Gasteiger partial charge in [-0.3, -0.25) is 4.79 Å². The monoisotopic (exact) mass is 306 g/mol. The maximum Gasteiger partial charge on any atom is 0.244 e. The highest BCUT2D eigenvalue weighted by Gasteiger charge is 2.60. The van der Waals surface area contributed by atoms with Crippen LogP contribution in [0.2, 0.25) is 0 Å². The average Bonchev–Trinajstić information content (AvgIpc) is 3.38. The van der Waals surface area contributed by atoms with Gasteiger partial charge in [-0.25, -0.2) is 5.43 Å². The Morgan fingerprint density at radius 1 is 1.09 bits per heavy atom. The molecule has 2 aromatic carbocycles. The molecule has 3 rings (SSSR count). The molecule has 1 N–H and O–H groups in total. The van der Waals surface area contributed by atoms with Crippen molar-refractivity contribution in [2.45, 2.75) is 32.1 Å². The Hall–Kier alpha value is -2.42. The van der Waals surface area contributed by atoms with Crippen LogP contribution in [-0.4, -0.2) is 11.6 Å². The minimum absolute atomic E-state index is 0.00510. The van der Waals surface area contributed by atoms with E-state index in [1.54, 1.807) is 0 Å². The van der Waals surface area contributed by atoms with Gasteiger partial charge < -0.3 is 0 Å². The molecule has 1 amide bonds. The number of nitrogens with one attached hydrogen (secondary N) is 1. The maximum absolute atomic E-state index is 12.6. The van der Waals surface area contributed by atoms with Crippen molar-refractivity contribution in [3.63, 3.8) is 0 Å². The lowest BCUT2D eigenvalue weighted by Gasteiger charge is -2.18. The molecule has 1 fully saturated rings. The van der Waals surface area contributed by atoms with E-state index in [9.17, 15) is 4.79 Å². The summed E-state index contributed by atoms with van der Waals surface area (Å²) in [6.45, 7) is 3.95. The molecule has 0 aromatic heterocycles. The summed E-state index contributed by atoms with van der Waals surface area (Å²) in [6.07, 6.45) is 1.67. The quantitative estimate of drug-likeness (QED) is 0.661. The Morgan fingerprint density at radius 3 is 2.09 bits per heavy atom. The van der Waals surface area contributed by atoms with Crippen LogP contribution in [0.3, 0.4) is 0 Å². The number of carbonyl (C=O) groups is 1. The topological polar surface area (TPSA) is 41.5 Å². The van der Waals surface area contributed by atoms with Crippen molar-refractivity contribution in [2.75, 3.05) is 0 Å². The molecular weight excluding hydrogens is 284 g/mol. The van der Waals surface area contributed by atoms with Crippen molar-refractivity contribution < 1.29 is 4.79 Å². The summed E-state index contributed by atoms with van der Waals surface area (Å²) in [6, 6.07) is 20.6. The van der Waals surface area contributed by atoms with Crippen LogP contribution in [0.4, 0.5) is 0 Å². The summed E-state index contributed by atoms with van der Waals surface area (Å²) in [7, 11) is 0. The zero-order chi connectivity index (χ0) is 16.3. The van der Waals surface area contributed by atoms with Crippen molar-refractivity contribution in [1.82, 2.24) is 5.43 Å². The highest BCUT2D eigenvalue weighted by atomic mass is 16.2. The third-order valence-electron chi connectivity index (χ3n) is 4.72. The van der Waals surface area contributed by atoms with Gasteiger partial charge in [0.15, 0.2) is 0 Å². The van der Waals surface area contributed by atoms with Gasteiger partial charge in [-0.05, 0) is 30.9 Å². The van der Waals surface area contributed by atoms with Crippen LogP contribution >= 0.6 is 0 Å². The fourth-order valence-corrected chi connectivity index (χ4v) is 3.16. The molecule has 1 aliphatic carbocycles. The standard InChI is InChI=1S/C20H22N2O/c1-3-15(2)21-22-19(23)18-14-20(18,16-10-6-4-7-11-16)17-12-8-5-9-13-17/h4-13,18H,3,14H2,1-2H3,(H,22,23)/b21-15-/t18-/m0/s1. The van der Waals surface area contributed by atoms with Crippen LogP contribution in [0, 0.1) is 5.92 Å². The van der Waals surface area contributed by atoms with E-state index in [-0.39, 0.29) is 17.2 Å². The third kappa shape index (κ3) is 2.91. The molecule has 3 heteroatoms. The first-order chi connectivity index (χ1) is 11.2. The molecule has 0 heterocycles. The van der Waals surface area contributed by atoms with E-state index in [0.29, 0.717) is 0 Å². The van der Waals surface area contributed by atoms with E-state index in [2.05, 4.69) is 34.8 Å². The SMILES string of the molecule is CC/C(C)=N\NC(=O)[C@@H]1CC1(c1ccccc1)c1ccccc1. The Morgan fingerprint density at radius 2 is 1.61 bits per heavy atom. The maximum atomic E-state index is 12.6. The van der Waals surface area contributed by atoms with E-state index >= 15 is 0 Å². The predicted molar refractivity (Wildman–Crippen MR) is 93.3 cm³/mol. The molecule has 0 bridgehead atoms. The van der Waals surface area contributed by atoms with Gasteiger partial charge in [-0.2, -0.15) is 5.10 Å². The number of hydrogen-bond acceptors (Lipinski definition) is 2. The number of amides is 1. The number of rotatable bonds is 5. The van der Waals surface area contributed by atoms with Gasteiger partial charge in [0, 0.05) is 11.1 Å². The van der Waals surface area contributed by atoms with Crippen molar-refractivity contribution >= 4 is 11.6 Å². The second-order valence-corrected chi connectivity index (χ2v) is 6.14. The van der Waals surface area contributed by atoms with Gasteiger partial charge in [0.2, 0.25) is 5.91 Å². The predicted octanol–water partition coefficient (Wildman–Crippen LogP) is 3.89. The molecule has 1 aliphatic rings. The van der Waals surface area contributed by atoms with Gasteiger partial charge in [-0.1, -0.05) is 67.6 Å². The van der Waals surface area contributed by atoms with Crippen molar-refractivity contribution in [1.29, 1.82) is 0 Å². The number of carbonyl (C=O) groups excluding carboxylic acids is 1. The van der Waals surface area contributed by atoms with Crippen molar-refractivity contribution in [3.05, 3.63) is 71.8 Å². The fourth-order valence-electron chi connectivity index (χ4n) is 3.16. The lowest BCUT2D eigenvalue weighted by molar-refractivity contribution is -0.122. The summed E-state index contributed by atoms with van der Waals surface area (Å²) in [5.41, 5.74) is 5.85. The summed E-state index contributed by atoms with van der Waals surface area (Å²) in [5, 5.41) is 4.17. The molecule has 0 saturated heterocycles. The molecule has 1 atom stereocenters. The normalized spacial score (nSPS) is 19.2. The van der Waals surface area contributed by atoms with Crippen molar-refractivity contribution in [2.24, 2.45) is 11.0 Å². The fraction of sp³-hybridized carbons (Fsp3) is 0.300. The zero-order valence-electron chi connectivity index (χ0n) is 13.6. The van der Waals surface area contributed by atoms with Crippen LogP contribution < -0.4 is 5.43 Å². The lowest BCUT2D eigenvalue weighted by Crippen LogP contribution is -2.26. The highest BCUT2D eigenvalue weighted by Crippen LogP contribution is 2.58. The summed E-state index contributed by atoms with van der Waals surface area (Å²) >= 11 is 0. The van der Waals surface area contributed by atoms with E-state index in [4.69, 9.17) is 0 Å². The molecule has 2 aromatic rings. The van der Waals surface area contributed by atoms with Gasteiger partial charge in [0.1, 0.15) is 0 Å². The highest BCUT2D eigenvalue weighted by molar-refractivity contribution is 5.88. The first kappa shape index (κ1) is 15.5. The molecule has 1 saturated carbocycles. The second kappa shape index (κ2) is 6.37. The minimum Gasteiger partial charge on any atom is -0.273 e. The van der Waals surface area contributed by atoms with E-state index < -0.39 is 0 Å². The van der Waals surface area contributed by atoms with Gasteiger partial charge in [0.25, 0.3) is 0 Å². The summed E-state index contributed by atoms with van der Waals surface area (Å²) < 4.78 is 0. The zero-order valence-corrected chi connectivity index (χ0v) is 13.6. The van der Waals surface area contributed by atoms with Gasteiger partial charge in [-0.15, -0.1) is 0 Å². The molecule has 118 valence electrons. The molecule has 0 unspecified atom stereocenters. The molecule has 0 spiro atoms. The first-order valence-corrected chi connectivity index (χ1v) is 8.12. The molecule has 0 aliphatic heterocycles. The lowest BCUT2D eigenvalue weighted by atomic mass is 9.85. The Bertz CT molecular complexity index is 667. The molecule has 0 radical (unpaired) electrons. The van der Waals surface area contributed by atoms with Crippen LogP contribution in [0.15, 0.2) is 65.8 Å². The van der Waals surface area contributed by atoms with Crippen molar-refractivity contribution in [3.8, 4) is 0 Å². The smallest absolute Gasteiger partial charge is 0.244 e. The van der Waals surface area contributed by atoms with E-state index in [1.807, 2.05) is 50.2 Å². The van der Waals surface area contributed by atoms with Gasteiger partial charge >= 0.3 is 0 Å².